The first kappa shape index (κ1) is 18.9. The lowest BCUT2D eigenvalue weighted by molar-refractivity contribution is 1.37. The Bertz CT molecular complexity index is 2230. The summed E-state index contributed by atoms with van der Waals surface area (Å²) in [6.07, 6.45) is 0. The topological polar surface area (TPSA) is 4.41 Å². The molecule has 0 aliphatic heterocycles. The van der Waals surface area contributed by atoms with Crippen molar-refractivity contribution in [3.63, 3.8) is 0 Å². The fraction of sp³-hybridized carbons (Fsp3) is 0. The molecule has 0 radical (unpaired) electrons. The quantitative estimate of drug-likeness (QED) is 0.223. The highest BCUT2D eigenvalue weighted by molar-refractivity contribution is 7.26. The van der Waals surface area contributed by atoms with Gasteiger partial charge in [0.15, 0.2) is 0 Å². The molecule has 166 valence electrons. The van der Waals surface area contributed by atoms with Gasteiger partial charge in [-0.3, -0.25) is 0 Å². The summed E-state index contributed by atoms with van der Waals surface area (Å²) in [5, 5.41) is 10.7. The maximum absolute atomic E-state index is 2.45. The van der Waals surface area contributed by atoms with Gasteiger partial charge in [-0.1, -0.05) is 84.9 Å². The largest absolute Gasteiger partial charge is 0.308 e. The van der Waals surface area contributed by atoms with Crippen molar-refractivity contribution in [2.45, 2.75) is 0 Å². The van der Waals surface area contributed by atoms with Crippen LogP contribution in [0.5, 0.6) is 0 Å². The van der Waals surface area contributed by atoms with Crippen LogP contribution in [0.2, 0.25) is 0 Å². The van der Waals surface area contributed by atoms with Crippen molar-refractivity contribution in [3.05, 3.63) is 115 Å². The predicted octanol–water partition coefficient (Wildman–Crippen LogP) is 10.0. The molecule has 0 aliphatic carbocycles. The van der Waals surface area contributed by atoms with Crippen LogP contribution >= 0.6 is 11.3 Å². The smallest absolute Gasteiger partial charge is 0.0620 e. The number of nitrogens with zero attached hydrogens (tertiary/aromatic N) is 1. The van der Waals surface area contributed by atoms with Crippen LogP contribution in [0.1, 0.15) is 0 Å². The zero-order chi connectivity index (χ0) is 23.4. The lowest BCUT2D eigenvalue weighted by Gasteiger charge is -2.06. The van der Waals surface area contributed by atoms with Crippen molar-refractivity contribution >= 4 is 80.4 Å². The van der Waals surface area contributed by atoms with Gasteiger partial charge in [-0.2, -0.15) is 0 Å². The van der Waals surface area contributed by atoms with E-state index >= 15 is 0 Å². The molecule has 9 aromatic rings. The molecule has 0 saturated carbocycles. The molecule has 0 aliphatic rings. The van der Waals surface area contributed by atoms with E-state index < -0.39 is 0 Å². The number of rotatable bonds is 1. The Labute approximate surface area is 210 Å². The Hall–Kier alpha value is -4.40. The van der Waals surface area contributed by atoms with Gasteiger partial charge < -0.3 is 4.40 Å². The van der Waals surface area contributed by atoms with Gasteiger partial charge in [-0.15, -0.1) is 11.3 Å². The monoisotopic (exact) mass is 473 g/mol. The van der Waals surface area contributed by atoms with Gasteiger partial charge in [0.05, 0.1) is 16.6 Å². The van der Waals surface area contributed by atoms with E-state index in [1.54, 1.807) is 0 Å². The minimum absolute atomic E-state index is 1.28. The summed E-state index contributed by atoms with van der Waals surface area (Å²) in [6, 6.07) is 42.6. The van der Waals surface area contributed by atoms with Crippen LogP contribution in [0.3, 0.4) is 0 Å². The van der Waals surface area contributed by atoms with E-state index in [1.807, 2.05) is 11.3 Å². The molecular weight excluding hydrogens is 454 g/mol. The number of aromatic nitrogens is 1. The summed E-state index contributed by atoms with van der Waals surface area (Å²) in [5.74, 6) is 0. The van der Waals surface area contributed by atoms with Crippen LogP contribution in [0, 0.1) is 0 Å². The van der Waals surface area contributed by atoms with Crippen molar-refractivity contribution < 1.29 is 0 Å². The van der Waals surface area contributed by atoms with Crippen LogP contribution in [0.25, 0.3) is 80.2 Å². The Morgan fingerprint density at radius 1 is 0.500 bits per heavy atom. The van der Waals surface area contributed by atoms with Crippen molar-refractivity contribution in [3.8, 4) is 11.1 Å². The molecule has 6 aromatic carbocycles. The predicted molar refractivity (Wildman–Crippen MR) is 157 cm³/mol. The Morgan fingerprint density at radius 2 is 1.14 bits per heavy atom. The number of para-hydroxylation sites is 2. The van der Waals surface area contributed by atoms with E-state index in [0.29, 0.717) is 0 Å². The average Bonchev–Trinajstić information content (AvgIpc) is 3.59. The summed E-state index contributed by atoms with van der Waals surface area (Å²) in [5.41, 5.74) is 6.50. The summed E-state index contributed by atoms with van der Waals surface area (Å²) >= 11 is 1.92. The molecule has 0 spiro atoms. The molecule has 0 amide bonds. The maximum atomic E-state index is 2.45. The van der Waals surface area contributed by atoms with Gasteiger partial charge in [0.1, 0.15) is 0 Å². The molecule has 0 N–H and O–H groups in total. The number of hydrogen-bond acceptors (Lipinski definition) is 1. The number of thiophene rings is 1. The molecule has 0 atom stereocenters. The van der Waals surface area contributed by atoms with Crippen molar-refractivity contribution in [1.29, 1.82) is 0 Å². The zero-order valence-corrected chi connectivity index (χ0v) is 20.1. The van der Waals surface area contributed by atoms with Gasteiger partial charge in [-0.05, 0) is 52.2 Å². The van der Waals surface area contributed by atoms with Gasteiger partial charge in [0, 0.05) is 41.7 Å². The van der Waals surface area contributed by atoms with Gasteiger partial charge >= 0.3 is 0 Å². The number of benzene rings is 6. The molecule has 9 rings (SSSR count). The lowest BCUT2D eigenvalue weighted by Crippen LogP contribution is -1.80. The second-order valence-corrected chi connectivity index (χ2v) is 10.8. The standard InChI is InChI=1S/C34H19NS/c1-2-9-22-20(8-1)16-17-31-32(22)26-13-7-12-23(34(26)36-31)21-18-27-24-10-3-5-14-29(24)35-30-15-6-4-11-25(30)28(19-21)33(27)35/h1-19H. The first-order valence-electron chi connectivity index (χ1n) is 12.4. The number of hydrogen-bond donors (Lipinski definition) is 0. The van der Waals surface area contributed by atoms with Crippen LogP contribution in [0.15, 0.2) is 115 Å². The molecule has 36 heavy (non-hydrogen) atoms. The highest BCUT2D eigenvalue weighted by Crippen LogP contribution is 2.46. The van der Waals surface area contributed by atoms with E-state index in [9.17, 15) is 0 Å². The van der Waals surface area contributed by atoms with Crippen LogP contribution in [-0.4, -0.2) is 4.40 Å². The summed E-state index contributed by atoms with van der Waals surface area (Å²) in [6.45, 7) is 0. The van der Waals surface area contributed by atoms with Gasteiger partial charge in [0.2, 0.25) is 0 Å². The molecule has 3 heterocycles. The minimum atomic E-state index is 1.28. The molecule has 1 nitrogen and oxygen atoms in total. The SMILES string of the molecule is c1ccc2c(c1)ccc1sc3c(-c4cc5c6ccccc6n6c7ccccc7c(c4)c56)cccc3c12. The highest BCUT2D eigenvalue weighted by Gasteiger charge is 2.19. The normalized spacial score (nSPS) is 12.4. The molecule has 0 unspecified atom stereocenters. The highest BCUT2D eigenvalue weighted by atomic mass is 32.1. The molecule has 3 aromatic heterocycles. The minimum Gasteiger partial charge on any atom is -0.308 e. The lowest BCUT2D eigenvalue weighted by atomic mass is 9.97. The van der Waals surface area contributed by atoms with Crippen LogP contribution in [-0.2, 0) is 0 Å². The first-order chi connectivity index (χ1) is 17.9. The Morgan fingerprint density at radius 3 is 1.89 bits per heavy atom. The van der Waals surface area contributed by atoms with Crippen LogP contribution in [0.4, 0.5) is 0 Å². The summed E-state index contributed by atoms with van der Waals surface area (Å²) in [4.78, 5) is 0. The van der Waals surface area contributed by atoms with Gasteiger partial charge in [0.25, 0.3) is 0 Å². The molecule has 2 heteroatoms. The fourth-order valence-corrected chi connectivity index (χ4v) is 7.65. The molecular formula is C34H19NS. The molecule has 0 bridgehead atoms. The second kappa shape index (κ2) is 6.63. The second-order valence-electron chi connectivity index (χ2n) is 9.73. The summed E-state index contributed by atoms with van der Waals surface area (Å²) in [7, 11) is 0. The van der Waals surface area contributed by atoms with E-state index in [0.717, 1.165) is 0 Å². The zero-order valence-electron chi connectivity index (χ0n) is 19.3. The van der Waals surface area contributed by atoms with E-state index in [-0.39, 0.29) is 0 Å². The maximum Gasteiger partial charge on any atom is 0.0620 e. The Kier molecular flexibility index (Phi) is 3.47. The third-order valence-electron chi connectivity index (χ3n) is 7.90. The third-order valence-corrected chi connectivity index (χ3v) is 9.11. The van der Waals surface area contributed by atoms with Crippen molar-refractivity contribution in [2.75, 3.05) is 0 Å². The van der Waals surface area contributed by atoms with E-state index in [2.05, 4.69) is 120 Å². The van der Waals surface area contributed by atoms with Crippen molar-refractivity contribution in [2.24, 2.45) is 0 Å². The van der Waals surface area contributed by atoms with Gasteiger partial charge in [-0.25, -0.2) is 0 Å². The summed E-state index contributed by atoms with van der Waals surface area (Å²) < 4.78 is 5.17. The Balaban J connectivity index is 1.45. The van der Waals surface area contributed by atoms with Crippen molar-refractivity contribution in [1.82, 2.24) is 4.40 Å². The molecule has 0 saturated heterocycles. The van der Waals surface area contributed by atoms with Crippen LogP contribution < -0.4 is 0 Å². The average molecular weight is 474 g/mol. The first-order valence-corrected chi connectivity index (χ1v) is 13.2. The number of fused-ring (bicyclic) bond motifs is 11. The molecule has 0 fully saturated rings. The van der Waals surface area contributed by atoms with E-state index in [4.69, 9.17) is 0 Å². The third kappa shape index (κ3) is 2.26. The fourth-order valence-electron chi connectivity index (χ4n) is 6.40. The van der Waals surface area contributed by atoms with E-state index in [1.165, 1.54) is 80.2 Å².